The van der Waals surface area contributed by atoms with Gasteiger partial charge in [-0.05, 0) is 143 Å². The van der Waals surface area contributed by atoms with Gasteiger partial charge < -0.3 is 14.4 Å². The molecule has 0 fully saturated rings. The Morgan fingerprint density at radius 1 is 0.577 bits per heavy atom. The lowest BCUT2D eigenvalue weighted by Gasteiger charge is -2.35. The minimum atomic E-state index is -1.26. The molecule has 10 rings (SSSR count). The Morgan fingerprint density at radius 3 is 1.59 bits per heavy atom. The zero-order chi connectivity index (χ0) is 49.3. The first kappa shape index (κ1) is 47.9. The van der Waals surface area contributed by atoms with Crippen molar-refractivity contribution >= 4 is 62.8 Å². The Morgan fingerprint density at radius 2 is 1.06 bits per heavy atom. The molecule has 1 N–H and O–H groups in total. The highest BCUT2D eigenvalue weighted by Gasteiger charge is 2.44. The second kappa shape index (κ2) is 20.1. The Bertz CT molecular complexity index is 3300. The maximum absolute atomic E-state index is 14.1. The fraction of sp³-hybridized carbons (Fsp3) is 0.286. The summed E-state index contributed by atoms with van der Waals surface area (Å²) in [6.45, 7) is 9.22. The number of benzene rings is 5. The van der Waals surface area contributed by atoms with Gasteiger partial charge in [0.2, 0.25) is 0 Å². The van der Waals surface area contributed by atoms with Crippen LogP contribution in [0.25, 0.3) is 59.5 Å². The van der Waals surface area contributed by atoms with Gasteiger partial charge in [-0.3, -0.25) is 0 Å². The van der Waals surface area contributed by atoms with Gasteiger partial charge in [-0.25, -0.2) is 9.59 Å². The number of thiophene rings is 2. The van der Waals surface area contributed by atoms with Gasteiger partial charge in [0.15, 0.2) is 0 Å². The number of fused-ring (bicyclic) bond motifs is 7. The molecule has 3 aromatic heterocycles. The summed E-state index contributed by atoms with van der Waals surface area (Å²) in [6.07, 6.45) is 14.9. The number of unbranched alkanes of at least 4 members (excludes halogenated alkanes) is 4. The molecule has 0 spiro atoms. The van der Waals surface area contributed by atoms with Crippen molar-refractivity contribution < 1.29 is 14.3 Å². The predicted molar refractivity (Wildman–Crippen MR) is 296 cm³/mol. The SMILES string of the molecule is CCCCC1(CCCC)c2ccccc2-c2ccc(N(c3ccc4c(c3)C(CCCC)(CCCC)c3ccccc3-4)c3ccc4cc(-c5ccc(-c6ccc(/C=C(\C#N)C(=O)O)s6)s5)c(=O)oc4c3)cc21. The summed E-state index contributed by atoms with van der Waals surface area (Å²) in [4.78, 5) is 31.3. The zero-order valence-electron chi connectivity index (χ0n) is 41.1. The maximum Gasteiger partial charge on any atom is 0.346 e. The topological polar surface area (TPSA) is 94.5 Å². The second-order valence-corrected chi connectivity index (χ2v) is 21.7. The summed E-state index contributed by atoms with van der Waals surface area (Å²) < 4.78 is 6.32. The van der Waals surface area contributed by atoms with E-state index in [4.69, 9.17) is 4.42 Å². The zero-order valence-corrected chi connectivity index (χ0v) is 42.8. The van der Waals surface area contributed by atoms with Crippen LogP contribution in [0.2, 0.25) is 0 Å². The maximum atomic E-state index is 14.1. The molecule has 2 aliphatic carbocycles. The lowest BCUT2D eigenvalue weighted by Crippen LogP contribution is -2.26. The molecule has 6 nitrogen and oxygen atoms in total. The van der Waals surface area contributed by atoms with Crippen molar-refractivity contribution in [1.29, 1.82) is 5.26 Å². The van der Waals surface area contributed by atoms with Gasteiger partial charge in [-0.1, -0.05) is 140 Å². The molecule has 0 saturated heterocycles. The second-order valence-electron chi connectivity index (χ2n) is 19.5. The number of hydrogen-bond donors (Lipinski definition) is 1. The number of aliphatic carboxylic acids is 1. The molecule has 3 heterocycles. The number of carbonyl (C=O) groups is 1. The Labute approximate surface area is 425 Å². The van der Waals surface area contributed by atoms with E-state index in [-0.39, 0.29) is 16.4 Å². The fourth-order valence-corrected chi connectivity index (χ4v) is 13.8. The van der Waals surface area contributed by atoms with Gasteiger partial charge in [0, 0.05) is 58.9 Å². The van der Waals surface area contributed by atoms with Crippen LogP contribution in [-0.2, 0) is 15.6 Å². The molecular formula is C63H60N2O4S2. The minimum absolute atomic E-state index is 0.0903. The van der Waals surface area contributed by atoms with E-state index in [2.05, 4.69) is 130 Å². The lowest BCUT2D eigenvalue weighted by molar-refractivity contribution is -0.132. The molecule has 0 radical (unpaired) electrons. The van der Waals surface area contributed by atoms with Gasteiger partial charge >= 0.3 is 11.6 Å². The standard InChI is InChI=1S/C63H60N2O4S2/c1-5-9-31-62(32-10-6-2)52-19-15-13-17-47(52)49-26-23-43(37-54(49)62)65(44-24-27-50-48-18-14-16-20-53(48)63(33-11-7-3,34-12-8-4)55(50)38-44)45-22-21-41-36-51(61(68)69-56(41)39-45)57-29-30-59(71-57)58-28-25-46(70-58)35-42(40-64)60(66)67/h13-30,35-39H,5-12,31-34H2,1-4H3,(H,66,67)/b42-35+. The molecule has 2 aliphatic rings. The summed E-state index contributed by atoms with van der Waals surface area (Å²) >= 11 is 2.87. The van der Waals surface area contributed by atoms with Crippen molar-refractivity contribution in [2.75, 3.05) is 4.90 Å². The lowest BCUT2D eigenvalue weighted by atomic mass is 9.70. The number of anilines is 3. The molecule has 0 amide bonds. The van der Waals surface area contributed by atoms with Crippen molar-refractivity contribution in [3.05, 3.63) is 177 Å². The van der Waals surface area contributed by atoms with E-state index in [9.17, 15) is 20.0 Å². The molecule has 0 unspecified atom stereocenters. The molecule has 0 aliphatic heterocycles. The van der Waals surface area contributed by atoms with Crippen LogP contribution in [0.4, 0.5) is 17.1 Å². The summed E-state index contributed by atoms with van der Waals surface area (Å²) in [7, 11) is 0. The Hall–Kier alpha value is -6.79. The number of rotatable bonds is 19. The largest absolute Gasteiger partial charge is 0.477 e. The highest BCUT2D eigenvalue weighted by molar-refractivity contribution is 7.24. The normalized spacial score (nSPS) is 13.9. The Balaban J connectivity index is 1.11. The number of hydrogen-bond acceptors (Lipinski definition) is 7. The van der Waals surface area contributed by atoms with Crippen LogP contribution in [0.5, 0.6) is 0 Å². The Kier molecular flexibility index (Phi) is 13.6. The van der Waals surface area contributed by atoms with Crippen LogP contribution in [0.3, 0.4) is 0 Å². The fourth-order valence-electron chi connectivity index (χ4n) is 11.7. The number of nitrogens with zero attached hydrogens (tertiary/aromatic N) is 2. The van der Waals surface area contributed by atoms with Gasteiger partial charge in [0.05, 0.1) is 5.56 Å². The quantitative estimate of drug-likeness (QED) is 0.0493. The smallest absolute Gasteiger partial charge is 0.346 e. The number of carboxylic acid groups (broad SMARTS) is 1. The molecule has 0 saturated carbocycles. The van der Waals surface area contributed by atoms with Crippen molar-refractivity contribution in [3.8, 4) is 48.5 Å². The number of nitriles is 1. The summed E-state index contributed by atoms with van der Waals surface area (Å²) in [6, 6.07) is 50.1. The van der Waals surface area contributed by atoms with E-state index in [1.165, 1.54) is 73.3 Å². The minimum Gasteiger partial charge on any atom is -0.477 e. The van der Waals surface area contributed by atoms with Gasteiger partial charge in [0.25, 0.3) is 0 Å². The van der Waals surface area contributed by atoms with Crippen LogP contribution >= 0.6 is 22.7 Å². The third-order valence-corrected chi connectivity index (χ3v) is 17.6. The van der Waals surface area contributed by atoms with Gasteiger partial charge in [0.1, 0.15) is 17.2 Å². The van der Waals surface area contributed by atoms with E-state index >= 15 is 0 Å². The monoisotopic (exact) mass is 972 g/mol. The molecule has 71 heavy (non-hydrogen) atoms. The molecule has 0 bridgehead atoms. The average molecular weight is 973 g/mol. The van der Waals surface area contributed by atoms with Crippen molar-refractivity contribution in [2.45, 2.75) is 116 Å². The van der Waals surface area contributed by atoms with E-state index < -0.39 is 11.6 Å². The van der Waals surface area contributed by atoms with Crippen molar-refractivity contribution in [2.24, 2.45) is 0 Å². The van der Waals surface area contributed by atoms with Crippen LogP contribution in [0, 0.1) is 11.3 Å². The molecule has 8 aromatic rings. The van der Waals surface area contributed by atoms with E-state index in [1.807, 2.05) is 30.3 Å². The highest BCUT2D eigenvalue weighted by Crippen LogP contribution is 2.58. The summed E-state index contributed by atoms with van der Waals surface area (Å²) in [5.41, 5.74) is 14.3. The van der Waals surface area contributed by atoms with Gasteiger partial charge in [-0.15, -0.1) is 22.7 Å². The van der Waals surface area contributed by atoms with Crippen LogP contribution in [-0.4, -0.2) is 11.1 Å². The van der Waals surface area contributed by atoms with Crippen molar-refractivity contribution in [1.82, 2.24) is 0 Å². The first-order valence-electron chi connectivity index (χ1n) is 25.6. The molecule has 358 valence electrons. The molecule has 0 atom stereocenters. The third kappa shape index (κ3) is 8.57. The average Bonchev–Trinajstić information content (AvgIpc) is 4.19. The highest BCUT2D eigenvalue weighted by atomic mass is 32.1. The van der Waals surface area contributed by atoms with Crippen LogP contribution < -0.4 is 10.5 Å². The summed E-state index contributed by atoms with van der Waals surface area (Å²) in [5, 5.41) is 19.5. The first-order chi connectivity index (χ1) is 34.7. The van der Waals surface area contributed by atoms with Crippen LogP contribution in [0.15, 0.2) is 148 Å². The van der Waals surface area contributed by atoms with Gasteiger partial charge in [-0.2, -0.15) is 5.26 Å². The predicted octanol–water partition coefficient (Wildman–Crippen LogP) is 18.0. The van der Waals surface area contributed by atoms with Crippen molar-refractivity contribution in [3.63, 3.8) is 0 Å². The van der Waals surface area contributed by atoms with E-state index in [0.717, 1.165) is 114 Å². The molecule has 5 aromatic carbocycles. The van der Waals surface area contributed by atoms with E-state index in [1.54, 1.807) is 12.1 Å². The van der Waals surface area contributed by atoms with E-state index in [0.29, 0.717) is 16.0 Å². The third-order valence-electron chi connectivity index (χ3n) is 15.2. The summed E-state index contributed by atoms with van der Waals surface area (Å²) in [5.74, 6) is -1.26. The van der Waals surface area contributed by atoms with Crippen LogP contribution in [0.1, 0.15) is 132 Å². The molecular weight excluding hydrogens is 913 g/mol. The molecule has 8 heteroatoms. The number of carboxylic acids is 1. The first-order valence-corrected chi connectivity index (χ1v) is 27.2.